The monoisotopic (exact) mass is 138 g/mol. The van der Waals surface area contributed by atoms with Gasteiger partial charge in [0.1, 0.15) is 0 Å². The summed E-state index contributed by atoms with van der Waals surface area (Å²) in [6.45, 7) is 1.71. The zero-order valence-electron chi connectivity index (χ0n) is 5.24. The predicted molar refractivity (Wildman–Crippen MR) is 32.3 cm³/mol. The fourth-order valence-corrected chi connectivity index (χ4v) is 0.720. The highest BCUT2D eigenvalue weighted by Crippen LogP contribution is 2.07. The molecule has 1 fully saturated rings. The van der Waals surface area contributed by atoms with Crippen LogP contribution in [0.15, 0.2) is 6.20 Å². The van der Waals surface area contributed by atoms with Gasteiger partial charge in [-0.05, 0) is 0 Å². The van der Waals surface area contributed by atoms with Gasteiger partial charge in [0, 0.05) is 13.1 Å². The molecule has 0 spiro atoms. The quantitative estimate of drug-likeness (QED) is 0.520. The van der Waals surface area contributed by atoms with Crippen molar-refractivity contribution in [3.8, 4) is 0 Å². The maximum atomic E-state index is 11.1. The van der Waals surface area contributed by atoms with Crippen molar-refractivity contribution >= 4 is 5.91 Å². The topological polar surface area (TPSA) is 61.6 Å². The van der Waals surface area contributed by atoms with Gasteiger partial charge in [-0.15, -0.1) is 0 Å². The Kier molecular flexibility index (Phi) is 0.969. The van der Waals surface area contributed by atoms with Crippen LogP contribution in [-0.4, -0.2) is 39.3 Å². The van der Waals surface area contributed by atoms with Crippen LogP contribution in [-0.2, 0) is 0 Å². The predicted octanol–water partition coefficient (Wildman–Crippen LogP) is -0.740. The minimum Gasteiger partial charge on any atom is -0.334 e. The molecule has 1 saturated heterocycles. The first kappa shape index (κ1) is 5.40. The third-order valence-corrected chi connectivity index (χ3v) is 1.37. The lowest BCUT2D eigenvalue weighted by molar-refractivity contribution is 0.0880. The third-order valence-electron chi connectivity index (χ3n) is 1.37. The van der Waals surface area contributed by atoms with Gasteiger partial charge in [-0.2, -0.15) is 15.4 Å². The van der Waals surface area contributed by atoms with E-state index in [0.29, 0.717) is 5.69 Å². The second-order valence-electron chi connectivity index (χ2n) is 2.15. The molecule has 0 saturated carbocycles. The maximum absolute atomic E-state index is 11.1. The van der Waals surface area contributed by atoms with Gasteiger partial charge in [0.25, 0.3) is 5.91 Å². The van der Waals surface area contributed by atoms with Gasteiger partial charge >= 0.3 is 0 Å². The van der Waals surface area contributed by atoms with Crippen LogP contribution in [0.1, 0.15) is 10.5 Å². The molecule has 1 aliphatic rings. The number of rotatable bonds is 1. The van der Waals surface area contributed by atoms with Crippen molar-refractivity contribution in [1.82, 2.24) is 20.3 Å². The number of hydrogen-bond donors (Lipinski definition) is 1. The standard InChI is InChI=1S/C5H6N4O/c10-5(9-1-2-9)4-3-6-8-7-4/h3H,1-2H2,(H,6,7,8). The molecule has 1 aromatic heterocycles. The summed E-state index contributed by atoms with van der Waals surface area (Å²) >= 11 is 0. The molecule has 1 aliphatic heterocycles. The minimum atomic E-state index is -0.0336. The lowest BCUT2D eigenvalue weighted by Crippen LogP contribution is -2.10. The van der Waals surface area contributed by atoms with Crippen molar-refractivity contribution in [2.75, 3.05) is 13.1 Å². The summed E-state index contributed by atoms with van der Waals surface area (Å²) in [6, 6.07) is 0. The summed E-state index contributed by atoms with van der Waals surface area (Å²) in [5.74, 6) is -0.0336. The third kappa shape index (κ3) is 0.754. The number of carbonyl (C=O) groups is 1. The van der Waals surface area contributed by atoms with E-state index >= 15 is 0 Å². The van der Waals surface area contributed by atoms with E-state index in [1.165, 1.54) is 6.20 Å². The number of nitrogens with zero attached hydrogens (tertiary/aromatic N) is 3. The van der Waals surface area contributed by atoms with Gasteiger partial charge < -0.3 is 4.90 Å². The number of carbonyl (C=O) groups excluding carboxylic acids is 1. The number of hydrogen-bond acceptors (Lipinski definition) is 3. The Morgan fingerprint density at radius 1 is 1.70 bits per heavy atom. The van der Waals surface area contributed by atoms with E-state index in [1.54, 1.807) is 4.90 Å². The summed E-state index contributed by atoms with van der Waals surface area (Å²) in [5, 5.41) is 9.57. The van der Waals surface area contributed by atoms with Crippen molar-refractivity contribution in [1.29, 1.82) is 0 Å². The highest BCUT2D eigenvalue weighted by molar-refractivity contribution is 5.93. The highest BCUT2D eigenvalue weighted by Gasteiger charge is 2.26. The van der Waals surface area contributed by atoms with E-state index in [1.807, 2.05) is 0 Å². The van der Waals surface area contributed by atoms with Gasteiger partial charge in [0.2, 0.25) is 0 Å². The largest absolute Gasteiger partial charge is 0.334 e. The van der Waals surface area contributed by atoms with Crippen LogP contribution in [0.3, 0.4) is 0 Å². The number of nitrogens with one attached hydrogen (secondary N) is 1. The Balaban J connectivity index is 2.19. The Bertz CT molecular complexity index is 238. The van der Waals surface area contributed by atoms with E-state index in [9.17, 15) is 4.79 Å². The van der Waals surface area contributed by atoms with E-state index in [2.05, 4.69) is 15.4 Å². The molecule has 0 aliphatic carbocycles. The zero-order chi connectivity index (χ0) is 6.97. The van der Waals surface area contributed by atoms with Crippen molar-refractivity contribution in [2.45, 2.75) is 0 Å². The summed E-state index contributed by atoms with van der Waals surface area (Å²) in [6.07, 6.45) is 1.43. The van der Waals surface area contributed by atoms with E-state index in [-0.39, 0.29) is 5.91 Å². The Hall–Kier alpha value is -1.39. The fraction of sp³-hybridized carbons (Fsp3) is 0.400. The molecule has 1 amide bonds. The van der Waals surface area contributed by atoms with Crippen LogP contribution in [0.25, 0.3) is 0 Å². The molecule has 2 rings (SSSR count). The molecule has 2 heterocycles. The average molecular weight is 138 g/mol. The van der Waals surface area contributed by atoms with E-state index < -0.39 is 0 Å². The molecule has 0 atom stereocenters. The summed E-state index contributed by atoms with van der Waals surface area (Å²) in [4.78, 5) is 12.8. The van der Waals surface area contributed by atoms with Gasteiger partial charge in [-0.25, -0.2) is 0 Å². The van der Waals surface area contributed by atoms with Crippen LogP contribution >= 0.6 is 0 Å². The molecule has 5 nitrogen and oxygen atoms in total. The minimum absolute atomic E-state index is 0.0336. The van der Waals surface area contributed by atoms with Crippen LogP contribution in [0, 0.1) is 0 Å². The average Bonchev–Trinajstić information content (AvgIpc) is 2.65. The second kappa shape index (κ2) is 1.80. The first-order chi connectivity index (χ1) is 4.88. The summed E-state index contributed by atoms with van der Waals surface area (Å²) < 4.78 is 0. The first-order valence-corrected chi connectivity index (χ1v) is 3.03. The van der Waals surface area contributed by atoms with Crippen molar-refractivity contribution in [3.63, 3.8) is 0 Å². The van der Waals surface area contributed by atoms with Gasteiger partial charge in [0.05, 0.1) is 6.20 Å². The number of aromatic amines is 1. The normalized spacial score (nSPS) is 15.4. The SMILES string of the molecule is O=C(c1cn[nH]n1)N1CC1. The molecule has 1 N–H and O–H groups in total. The Morgan fingerprint density at radius 3 is 3.00 bits per heavy atom. The molecular formula is C5H6N4O. The molecule has 0 radical (unpaired) electrons. The lowest BCUT2D eigenvalue weighted by Gasteiger charge is -1.92. The van der Waals surface area contributed by atoms with Crippen LogP contribution in [0.4, 0.5) is 0 Å². The molecule has 5 heteroatoms. The molecule has 0 aromatic carbocycles. The molecular weight excluding hydrogens is 132 g/mol. The Labute approximate surface area is 57.0 Å². The molecule has 10 heavy (non-hydrogen) atoms. The van der Waals surface area contributed by atoms with E-state index in [4.69, 9.17) is 0 Å². The summed E-state index contributed by atoms with van der Waals surface area (Å²) in [5.41, 5.74) is 0.400. The van der Waals surface area contributed by atoms with Crippen LogP contribution < -0.4 is 0 Å². The molecule has 0 unspecified atom stereocenters. The van der Waals surface area contributed by atoms with Crippen molar-refractivity contribution in [3.05, 3.63) is 11.9 Å². The van der Waals surface area contributed by atoms with Crippen LogP contribution in [0.2, 0.25) is 0 Å². The van der Waals surface area contributed by atoms with Crippen molar-refractivity contribution < 1.29 is 4.79 Å². The number of amides is 1. The number of aromatic nitrogens is 3. The first-order valence-electron chi connectivity index (χ1n) is 3.03. The van der Waals surface area contributed by atoms with E-state index in [0.717, 1.165) is 13.1 Å². The highest BCUT2D eigenvalue weighted by atomic mass is 16.2. The molecule has 52 valence electrons. The molecule has 1 aromatic rings. The maximum Gasteiger partial charge on any atom is 0.276 e. The van der Waals surface area contributed by atoms with Gasteiger partial charge in [0.15, 0.2) is 5.69 Å². The van der Waals surface area contributed by atoms with Gasteiger partial charge in [-0.1, -0.05) is 0 Å². The fourth-order valence-electron chi connectivity index (χ4n) is 0.720. The second-order valence-corrected chi connectivity index (χ2v) is 2.15. The summed E-state index contributed by atoms with van der Waals surface area (Å²) in [7, 11) is 0. The number of H-pyrrole nitrogens is 1. The van der Waals surface area contributed by atoms with Gasteiger partial charge in [-0.3, -0.25) is 4.79 Å². The Morgan fingerprint density at radius 2 is 2.50 bits per heavy atom. The van der Waals surface area contributed by atoms with Crippen LogP contribution in [0.5, 0.6) is 0 Å². The zero-order valence-corrected chi connectivity index (χ0v) is 5.24. The smallest absolute Gasteiger partial charge is 0.276 e. The molecule has 0 bridgehead atoms. The lowest BCUT2D eigenvalue weighted by atomic mass is 10.4. The van der Waals surface area contributed by atoms with Crippen molar-refractivity contribution in [2.24, 2.45) is 0 Å².